The van der Waals surface area contributed by atoms with Crippen LogP contribution in [0, 0.1) is 22.2 Å². The molecule has 0 saturated heterocycles. The molecule has 0 aliphatic heterocycles. The molecule has 1 atom stereocenters. The zero-order valence-electron chi connectivity index (χ0n) is 13.2. The van der Waals surface area contributed by atoms with Gasteiger partial charge in [0.1, 0.15) is 5.75 Å². The predicted octanol–water partition coefficient (Wildman–Crippen LogP) is 4.23. The van der Waals surface area contributed by atoms with Crippen LogP contribution in [0.3, 0.4) is 0 Å². The van der Waals surface area contributed by atoms with Gasteiger partial charge in [-0.2, -0.15) is 5.26 Å². The van der Waals surface area contributed by atoms with Crippen LogP contribution >= 0.6 is 0 Å². The third-order valence-corrected chi connectivity index (χ3v) is 4.73. The van der Waals surface area contributed by atoms with E-state index in [0.29, 0.717) is 6.61 Å². The normalized spacial score (nSPS) is 21.3. The van der Waals surface area contributed by atoms with Crippen LogP contribution in [0.25, 0.3) is 0 Å². The molecule has 3 heteroatoms. The summed E-state index contributed by atoms with van der Waals surface area (Å²) in [6.07, 6.45) is 2.69. The standard InChI is InChI=1S/C18H25NO2/c1-4-21-15-7-5-6-14(12-15)16(20)18(13-19)10-8-17(2,3)9-11-18/h5-7,12,16,20H,4,8-11H2,1-3H3. The van der Waals surface area contributed by atoms with Crippen molar-refractivity contribution in [1.82, 2.24) is 0 Å². The molecule has 1 unspecified atom stereocenters. The van der Waals surface area contributed by atoms with E-state index >= 15 is 0 Å². The van der Waals surface area contributed by atoms with Gasteiger partial charge in [-0.05, 0) is 55.7 Å². The van der Waals surface area contributed by atoms with Gasteiger partial charge in [-0.1, -0.05) is 26.0 Å². The molecule has 0 heterocycles. The Bertz CT molecular complexity index is 520. The molecule has 114 valence electrons. The third kappa shape index (κ3) is 3.39. The minimum atomic E-state index is -0.751. The molecule has 0 aromatic heterocycles. The van der Waals surface area contributed by atoms with Crippen molar-refractivity contribution in [3.63, 3.8) is 0 Å². The lowest BCUT2D eigenvalue weighted by Crippen LogP contribution is -2.35. The minimum Gasteiger partial charge on any atom is -0.494 e. The van der Waals surface area contributed by atoms with Crippen molar-refractivity contribution in [3.05, 3.63) is 29.8 Å². The van der Waals surface area contributed by atoms with E-state index in [0.717, 1.165) is 37.0 Å². The number of nitriles is 1. The van der Waals surface area contributed by atoms with Gasteiger partial charge >= 0.3 is 0 Å². The smallest absolute Gasteiger partial charge is 0.119 e. The molecule has 1 fully saturated rings. The third-order valence-electron chi connectivity index (χ3n) is 4.73. The molecule has 21 heavy (non-hydrogen) atoms. The Balaban J connectivity index is 2.23. The van der Waals surface area contributed by atoms with Gasteiger partial charge in [0.15, 0.2) is 0 Å². The minimum absolute atomic E-state index is 0.271. The zero-order valence-corrected chi connectivity index (χ0v) is 13.2. The monoisotopic (exact) mass is 287 g/mol. The molecule has 1 aliphatic carbocycles. The fraction of sp³-hybridized carbons (Fsp3) is 0.611. The van der Waals surface area contributed by atoms with Crippen molar-refractivity contribution in [1.29, 1.82) is 5.26 Å². The van der Waals surface area contributed by atoms with Crippen LogP contribution in [0.2, 0.25) is 0 Å². The first kappa shape index (κ1) is 15.9. The summed E-state index contributed by atoms with van der Waals surface area (Å²) in [6.45, 7) is 6.99. The largest absolute Gasteiger partial charge is 0.494 e. The number of aliphatic hydroxyl groups excluding tert-OH is 1. The van der Waals surface area contributed by atoms with Gasteiger partial charge in [0, 0.05) is 0 Å². The van der Waals surface area contributed by atoms with Gasteiger partial charge in [0.05, 0.1) is 24.2 Å². The van der Waals surface area contributed by atoms with Crippen LogP contribution in [0.5, 0.6) is 5.75 Å². The van der Waals surface area contributed by atoms with Crippen LogP contribution in [0.15, 0.2) is 24.3 Å². The highest BCUT2D eigenvalue weighted by atomic mass is 16.5. The quantitative estimate of drug-likeness (QED) is 0.901. The molecular weight excluding hydrogens is 262 g/mol. The SMILES string of the molecule is CCOc1cccc(C(O)C2(C#N)CCC(C)(C)CC2)c1. The summed E-state index contributed by atoms with van der Waals surface area (Å²) >= 11 is 0. The molecule has 1 N–H and O–H groups in total. The van der Waals surface area contributed by atoms with Crippen molar-refractivity contribution in [2.75, 3.05) is 6.61 Å². The van der Waals surface area contributed by atoms with E-state index in [1.807, 2.05) is 31.2 Å². The Morgan fingerprint density at radius 3 is 2.52 bits per heavy atom. The van der Waals surface area contributed by atoms with Crippen LogP contribution in [0.1, 0.15) is 58.1 Å². The molecule has 0 amide bonds. The highest BCUT2D eigenvalue weighted by Gasteiger charge is 2.44. The lowest BCUT2D eigenvalue weighted by atomic mass is 9.62. The summed E-state index contributed by atoms with van der Waals surface area (Å²) in [7, 11) is 0. The van der Waals surface area contributed by atoms with Gasteiger partial charge in [0.2, 0.25) is 0 Å². The molecule has 1 aromatic rings. The number of hydrogen-bond acceptors (Lipinski definition) is 3. The summed E-state index contributed by atoms with van der Waals surface area (Å²) in [5, 5.41) is 20.5. The molecule has 1 aromatic carbocycles. The van der Waals surface area contributed by atoms with Gasteiger partial charge in [-0.3, -0.25) is 0 Å². The summed E-state index contributed by atoms with van der Waals surface area (Å²) < 4.78 is 5.49. The number of nitrogens with zero attached hydrogens (tertiary/aromatic N) is 1. The summed E-state index contributed by atoms with van der Waals surface area (Å²) in [5.74, 6) is 0.748. The topological polar surface area (TPSA) is 53.2 Å². The maximum absolute atomic E-state index is 10.8. The Morgan fingerprint density at radius 1 is 1.29 bits per heavy atom. The van der Waals surface area contributed by atoms with E-state index in [-0.39, 0.29) is 5.41 Å². The summed E-state index contributed by atoms with van der Waals surface area (Å²) in [5.41, 5.74) is 0.385. The van der Waals surface area contributed by atoms with Crippen molar-refractivity contribution in [2.45, 2.75) is 52.6 Å². The number of benzene rings is 1. The molecule has 2 rings (SSSR count). The molecule has 0 bridgehead atoms. The number of rotatable bonds is 4. The molecule has 3 nitrogen and oxygen atoms in total. The number of aliphatic hydroxyl groups is 1. The van der Waals surface area contributed by atoms with Gasteiger partial charge in [-0.15, -0.1) is 0 Å². The van der Waals surface area contributed by atoms with Crippen LogP contribution in [0.4, 0.5) is 0 Å². The fourth-order valence-electron chi connectivity index (χ4n) is 3.08. The first-order valence-corrected chi connectivity index (χ1v) is 7.74. The predicted molar refractivity (Wildman–Crippen MR) is 82.9 cm³/mol. The van der Waals surface area contributed by atoms with E-state index in [2.05, 4.69) is 19.9 Å². The molecule has 0 radical (unpaired) electrons. The first-order chi connectivity index (χ1) is 9.92. The second-order valence-electron chi connectivity index (χ2n) is 6.84. The van der Waals surface area contributed by atoms with Crippen molar-refractivity contribution < 1.29 is 9.84 Å². The highest BCUT2D eigenvalue weighted by Crippen LogP contribution is 2.51. The Hall–Kier alpha value is -1.53. The maximum Gasteiger partial charge on any atom is 0.119 e. The number of hydrogen-bond donors (Lipinski definition) is 1. The van der Waals surface area contributed by atoms with E-state index < -0.39 is 11.5 Å². The molecule has 0 spiro atoms. The first-order valence-electron chi connectivity index (χ1n) is 7.74. The second-order valence-corrected chi connectivity index (χ2v) is 6.84. The Labute approximate surface area is 127 Å². The van der Waals surface area contributed by atoms with Gasteiger partial charge in [0.25, 0.3) is 0 Å². The highest BCUT2D eigenvalue weighted by molar-refractivity contribution is 5.32. The van der Waals surface area contributed by atoms with E-state index in [4.69, 9.17) is 4.74 Å². The summed E-state index contributed by atoms with van der Waals surface area (Å²) in [4.78, 5) is 0. The maximum atomic E-state index is 10.8. The lowest BCUT2D eigenvalue weighted by molar-refractivity contribution is 0.00943. The second kappa shape index (κ2) is 6.07. The van der Waals surface area contributed by atoms with Crippen molar-refractivity contribution in [3.8, 4) is 11.8 Å². The van der Waals surface area contributed by atoms with Gasteiger partial charge in [-0.25, -0.2) is 0 Å². The van der Waals surface area contributed by atoms with Crippen LogP contribution < -0.4 is 4.74 Å². The van der Waals surface area contributed by atoms with Crippen LogP contribution in [-0.4, -0.2) is 11.7 Å². The molecular formula is C18H25NO2. The molecule has 1 saturated carbocycles. The van der Waals surface area contributed by atoms with Crippen LogP contribution in [-0.2, 0) is 0 Å². The fourth-order valence-corrected chi connectivity index (χ4v) is 3.08. The van der Waals surface area contributed by atoms with Crippen molar-refractivity contribution in [2.24, 2.45) is 10.8 Å². The van der Waals surface area contributed by atoms with E-state index in [1.54, 1.807) is 0 Å². The zero-order chi connectivity index (χ0) is 15.5. The van der Waals surface area contributed by atoms with E-state index in [9.17, 15) is 10.4 Å². The summed E-state index contributed by atoms with van der Waals surface area (Å²) in [6, 6.07) is 9.90. The van der Waals surface area contributed by atoms with E-state index in [1.165, 1.54) is 0 Å². The lowest BCUT2D eigenvalue weighted by Gasteiger charge is -2.42. The Morgan fingerprint density at radius 2 is 1.95 bits per heavy atom. The average Bonchev–Trinajstić information content (AvgIpc) is 2.48. The molecule has 1 aliphatic rings. The average molecular weight is 287 g/mol. The van der Waals surface area contributed by atoms with Gasteiger partial charge < -0.3 is 9.84 Å². The van der Waals surface area contributed by atoms with Crippen molar-refractivity contribution >= 4 is 0 Å². The number of ether oxygens (including phenoxy) is 1. The Kier molecular flexibility index (Phi) is 4.58.